The standard InChI is InChI=1S/C7H12O4.K.Na/c1-4(2)7(3,5(8)9)6(10)11;;/h4H,1-3H3,(H,8,9)(H,10,11);;/q;2*+1/p-2. The maximum atomic E-state index is 10.4. The van der Waals surface area contributed by atoms with Crippen LogP contribution in [0.25, 0.3) is 0 Å². The third-order valence-corrected chi connectivity index (χ3v) is 2.00. The molecule has 6 heteroatoms. The molecular weight excluding hydrogens is 210 g/mol. The van der Waals surface area contributed by atoms with Gasteiger partial charge >= 0.3 is 80.9 Å². The molecule has 0 aliphatic rings. The fourth-order valence-corrected chi connectivity index (χ4v) is 0.555. The molecule has 0 atom stereocenters. The SMILES string of the molecule is CC(C)C(C)(C(=O)[O-])C(=O)[O-].[K+].[Na+]. The summed E-state index contributed by atoms with van der Waals surface area (Å²) in [4.78, 5) is 20.7. The van der Waals surface area contributed by atoms with Crippen molar-refractivity contribution in [1.82, 2.24) is 0 Å². The molecule has 0 aliphatic heterocycles. The largest absolute Gasteiger partial charge is 1.00 e. The Labute approximate surface area is 142 Å². The molecule has 0 saturated carbocycles. The third-order valence-electron chi connectivity index (χ3n) is 2.00. The maximum Gasteiger partial charge on any atom is 1.00 e. The van der Waals surface area contributed by atoms with Crippen molar-refractivity contribution >= 4 is 11.9 Å². The van der Waals surface area contributed by atoms with Gasteiger partial charge in [-0.1, -0.05) is 13.8 Å². The van der Waals surface area contributed by atoms with E-state index in [1.54, 1.807) is 0 Å². The van der Waals surface area contributed by atoms with Crippen LogP contribution in [0, 0.1) is 11.3 Å². The van der Waals surface area contributed by atoms with Gasteiger partial charge in [-0.05, 0) is 12.8 Å². The Bertz CT molecular complexity index is 179. The number of rotatable bonds is 3. The Kier molecular flexibility index (Phi) is 12.1. The molecule has 0 heterocycles. The van der Waals surface area contributed by atoms with E-state index in [-0.39, 0.29) is 80.9 Å². The van der Waals surface area contributed by atoms with E-state index in [2.05, 4.69) is 0 Å². The number of aliphatic carboxylic acids is 2. The van der Waals surface area contributed by atoms with Crippen LogP contribution in [0.1, 0.15) is 20.8 Å². The summed E-state index contributed by atoms with van der Waals surface area (Å²) in [6.45, 7) is 4.07. The quantitative estimate of drug-likeness (QED) is 0.349. The first kappa shape index (κ1) is 20.0. The van der Waals surface area contributed by atoms with Crippen molar-refractivity contribution < 1.29 is 101 Å². The first-order valence-electron chi connectivity index (χ1n) is 3.26. The minimum atomic E-state index is -1.89. The number of hydrogen-bond acceptors (Lipinski definition) is 4. The molecule has 0 N–H and O–H groups in total. The van der Waals surface area contributed by atoms with Crippen LogP contribution < -0.4 is 91.2 Å². The van der Waals surface area contributed by atoms with Gasteiger partial charge in [0.05, 0.1) is 11.9 Å². The van der Waals surface area contributed by atoms with Crippen molar-refractivity contribution in [1.29, 1.82) is 0 Å². The van der Waals surface area contributed by atoms with Crippen molar-refractivity contribution in [2.45, 2.75) is 20.8 Å². The summed E-state index contributed by atoms with van der Waals surface area (Å²) in [7, 11) is 0. The monoisotopic (exact) mass is 220 g/mol. The second-order valence-electron chi connectivity index (χ2n) is 2.93. The molecule has 0 aromatic heterocycles. The molecule has 0 aliphatic carbocycles. The minimum Gasteiger partial charge on any atom is -0.549 e. The van der Waals surface area contributed by atoms with Gasteiger partial charge in [-0.25, -0.2) is 0 Å². The van der Waals surface area contributed by atoms with Gasteiger partial charge in [-0.2, -0.15) is 0 Å². The molecule has 0 unspecified atom stereocenters. The van der Waals surface area contributed by atoms with Gasteiger partial charge in [0.2, 0.25) is 0 Å². The molecule has 64 valence electrons. The predicted molar refractivity (Wildman–Crippen MR) is 33.0 cm³/mol. The third kappa shape index (κ3) is 4.75. The van der Waals surface area contributed by atoms with E-state index in [0.717, 1.165) is 6.92 Å². The summed E-state index contributed by atoms with van der Waals surface area (Å²) in [5, 5.41) is 20.7. The van der Waals surface area contributed by atoms with E-state index in [1.807, 2.05) is 0 Å². The zero-order valence-corrected chi connectivity index (χ0v) is 13.8. The van der Waals surface area contributed by atoms with Crippen LogP contribution >= 0.6 is 0 Å². The molecule has 0 bridgehead atoms. The smallest absolute Gasteiger partial charge is 0.549 e. The molecule has 0 amide bonds. The second kappa shape index (κ2) is 7.81. The van der Waals surface area contributed by atoms with Crippen molar-refractivity contribution in [3.05, 3.63) is 0 Å². The van der Waals surface area contributed by atoms with Gasteiger partial charge in [0.15, 0.2) is 0 Å². The molecule has 0 saturated heterocycles. The van der Waals surface area contributed by atoms with Gasteiger partial charge in [-0.3, -0.25) is 0 Å². The Morgan fingerprint density at radius 3 is 1.38 bits per heavy atom. The van der Waals surface area contributed by atoms with E-state index in [0.29, 0.717) is 0 Å². The molecular formula is C7H10KNaO4. The minimum absolute atomic E-state index is 0. The van der Waals surface area contributed by atoms with E-state index in [1.165, 1.54) is 13.8 Å². The first-order chi connectivity index (χ1) is 4.83. The normalized spacial score (nSPS) is 9.85. The number of carbonyl (C=O) groups excluding carboxylic acids is 2. The summed E-state index contributed by atoms with van der Waals surface area (Å²) in [6.07, 6.45) is 0. The summed E-state index contributed by atoms with van der Waals surface area (Å²) in [5.74, 6) is -3.75. The van der Waals surface area contributed by atoms with Crippen LogP contribution in [0.2, 0.25) is 0 Å². The number of carboxylic acids is 2. The summed E-state index contributed by atoms with van der Waals surface area (Å²) in [6, 6.07) is 0. The number of hydrogen-bond donors (Lipinski definition) is 0. The number of carboxylic acid groups (broad SMARTS) is 2. The fourth-order valence-electron chi connectivity index (χ4n) is 0.555. The average molecular weight is 220 g/mol. The second-order valence-corrected chi connectivity index (χ2v) is 2.93. The molecule has 13 heavy (non-hydrogen) atoms. The first-order valence-corrected chi connectivity index (χ1v) is 3.26. The van der Waals surface area contributed by atoms with E-state index >= 15 is 0 Å². The maximum absolute atomic E-state index is 10.4. The fraction of sp³-hybridized carbons (Fsp3) is 0.714. The van der Waals surface area contributed by atoms with E-state index in [4.69, 9.17) is 0 Å². The molecule has 4 nitrogen and oxygen atoms in total. The van der Waals surface area contributed by atoms with Gasteiger partial charge in [0, 0.05) is 5.41 Å². The summed E-state index contributed by atoms with van der Waals surface area (Å²) < 4.78 is 0. The van der Waals surface area contributed by atoms with Crippen LogP contribution in [0.5, 0.6) is 0 Å². The summed E-state index contributed by atoms with van der Waals surface area (Å²) >= 11 is 0. The number of carbonyl (C=O) groups is 2. The van der Waals surface area contributed by atoms with Crippen LogP contribution in [-0.4, -0.2) is 11.9 Å². The molecule has 0 aromatic rings. The average Bonchev–Trinajstić information content (AvgIpc) is 1.84. The van der Waals surface area contributed by atoms with Crippen LogP contribution in [0.15, 0.2) is 0 Å². The Morgan fingerprint density at radius 2 is 1.38 bits per heavy atom. The van der Waals surface area contributed by atoms with E-state index in [9.17, 15) is 19.8 Å². The zero-order valence-electron chi connectivity index (χ0n) is 8.71. The molecule has 0 fully saturated rings. The Balaban J connectivity index is -0.000000500. The Hall–Kier alpha value is 1.58. The van der Waals surface area contributed by atoms with Crippen LogP contribution in [0.4, 0.5) is 0 Å². The van der Waals surface area contributed by atoms with Crippen molar-refractivity contribution in [3.63, 3.8) is 0 Å². The van der Waals surface area contributed by atoms with Crippen LogP contribution in [0.3, 0.4) is 0 Å². The van der Waals surface area contributed by atoms with Gasteiger partial charge in [0.1, 0.15) is 0 Å². The predicted octanol–water partition coefficient (Wildman–Crippen LogP) is -7.84. The van der Waals surface area contributed by atoms with E-state index < -0.39 is 23.3 Å². The molecule has 0 spiro atoms. The van der Waals surface area contributed by atoms with Gasteiger partial charge in [0.25, 0.3) is 0 Å². The van der Waals surface area contributed by atoms with Gasteiger partial charge < -0.3 is 19.8 Å². The topological polar surface area (TPSA) is 80.3 Å². The van der Waals surface area contributed by atoms with Crippen molar-refractivity contribution in [2.75, 3.05) is 0 Å². The van der Waals surface area contributed by atoms with Crippen molar-refractivity contribution in [3.8, 4) is 0 Å². The molecule has 0 radical (unpaired) electrons. The van der Waals surface area contributed by atoms with Crippen LogP contribution in [-0.2, 0) is 9.59 Å². The van der Waals surface area contributed by atoms with Gasteiger partial charge in [-0.15, -0.1) is 0 Å². The zero-order chi connectivity index (χ0) is 9.23. The molecule has 0 aromatic carbocycles. The Morgan fingerprint density at radius 1 is 1.15 bits per heavy atom. The summed E-state index contributed by atoms with van der Waals surface area (Å²) in [5.41, 5.74) is -1.89. The molecule has 0 rings (SSSR count). The van der Waals surface area contributed by atoms with Crippen molar-refractivity contribution in [2.24, 2.45) is 11.3 Å².